The molecule has 1 fully saturated rings. The summed E-state index contributed by atoms with van der Waals surface area (Å²) in [6.45, 7) is 0. The van der Waals surface area contributed by atoms with E-state index in [0.29, 0.717) is 10.6 Å². The van der Waals surface area contributed by atoms with Gasteiger partial charge < -0.3 is 5.73 Å². The zero-order valence-electron chi connectivity index (χ0n) is 7.90. The van der Waals surface area contributed by atoms with Crippen molar-refractivity contribution < 1.29 is 4.79 Å². The first kappa shape index (κ1) is 10.0. The zero-order valence-corrected chi connectivity index (χ0v) is 8.66. The van der Waals surface area contributed by atoms with Crippen LogP contribution in [-0.2, 0) is 4.79 Å². The Bertz CT molecular complexity index is 464. The summed E-state index contributed by atoms with van der Waals surface area (Å²) in [5.74, 6) is -0.352. The third kappa shape index (κ3) is 1.81. The minimum absolute atomic E-state index is 0.0795. The number of nitriles is 1. The van der Waals surface area contributed by atoms with Crippen molar-refractivity contribution >= 4 is 17.5 Å². The van der Waals surface area contributed by atoms with Crippen molar-refractivity contribution in [3.05, 3.63) is 34.3 Å². The van der Waals surface area contributed by atoms with Crippen LogP contribution in [0.4, 0.5) is 0 Å². The summed E-state index contributed by atoms with van der Waals surface area (Å²) in [6, 6.07) is 7.18. The number of primary amides is 1. The number of benzene rings is 1. The van der Waals surface area contributed by atoms with E-state index in [0.717, 1.165) is 12.0 Å². The molecular weight excluding hydrogens is 212 g/mol. The number of halogens is 1. The van der Waals surface area contributed by atoms with Crippen molar-refractivity contribution in [2.45, 2.75) is 12.3 Å². The number of nitrogens with two attached hydrogens (primary N) is 1. The van der Waals surface area contributed by atoms with Gasteiger partial charge in [-0.2, -0.15) is 5.26 Å². The molecule has 0 saturated heterocycles. The fraction of sp³-hybridized carbons (Fsp3) is 0.273. The Hall–Kier alpha value is -1.53. The van der Waals surface area contributed by atoms with Gasteiger partial charge in [0.05, 0.1) is 11.6 Å². The van der Waals surface area contributed by atoms with Crippen LogP contribution in [0.3, 0.4) is 0 Å². The standard InChI is InChI=1S/C11H9ClN2O/c12-7-2-1-6(5-13)8(3-7)9-4-10(9)11(14)15/h1-3,9-10H,4H2,(H2,14,15)/t9-,10+/m1/s1. The third-order valence-corrected chi connectivity index (χ3v) is 2.92. The number of amides is 1. The van der Waals surface area contributed by atoms with Crippen LogP contribution < -0.4 is 5.73 Å². The maximum absolute atomic E-state index is 10.9. The molecule has 4 heteroatoms. The number of carbonyl (C=O) groups excluding carboxylic acids is 1. The number of nitrogens with zero attached hydrogens (tertiary/aromatic N) is 1. The van der Waals surface area contributed by atoms with E-state index >= 15 is 0 Å². The van der Waals surface area contributed by atoms with Gasteiger partial charge in [0.15, 0.2) is 0 Å². The monoisotopic (exact) mass is 220 g/mol. The molecule has 0 bridgehead atoms. The molecule has 2 rings (SSSR count). The number of carbonyl (C=O) groups is 1. The lowest BCUT2D eigenvalue weighted by Gasteiger charge is -2.02. The first-order chi connectivity index (χ1) is 7.13. The van der Waals surface area contributed by atoms with E-state index < -0.39 is 0 Å². The van der Waals surface area contributed by atoms with Crippen LogP contribution >= 0.6 is 11.6 Å². The molecule has 2 atom stereocenters. The molecule has 3 nitrogen and oxygen atoms in total. The fourth-order valence-corrected chi connectivity index (χ4v) is 1.98. The van der Waals surface area contributed by atoms with Crippen LogP contribution in [0.25, 0.3) is 0 Å². The molecule has 0 radical (unpaired) electrons. The van der Waals surface area contributed by atoms with Crippen molar-refractivity contribution in [1.82, 2.24) is 0 Å². The highest BCUT2D eigenvalue weighted by Crippen LogP contribution is 2.48. The van der Waals surface area contributed by atoms with Crippen LogP contribution in [0.5, 0.6) is 0 Å². The first-order valence-corrected chi connectivity index (χ1v) is 5.00. The average Bonchev–Trinajstić information content (AvgIpc) is 2.97. The molecule has 2 N–H and O–H groups in total. The summed E-state index contributed by atoms with van der Waals surface area (Å²) in [5.41, 5.74) is 6.62. The Morgan fingerprint density at radius 2 is 2.33 bits per heavy atom. The van der Waals surface area contributed by atoms with E-state index in [1.165, 1.54) is 0 Å². The van der Waals surface area contributed by atoms with Crippen LogP contribution in [-0.4, -0.2) is 5.91 Å². The van der Waals surface area contributed by atoms with Crippen LogP contribution in [0.15, 0.2) is 18.2 Å². The summed E-state index contributed by atoms with van der Waals surface area (Å²) < 4.78 is 0. The van der Waals surface area contributed by atoms with Crippen LogP contribution in [0, 0.1) is 17.2 Å². The van der Waals surface area contributed by atoms with Crippen LogP contribution in [0.1, 0.15) is 23.5 Å². The normalized spacial score (nSPS) is 23.2. The molecule has 1 amide bonds. The van der Waals surface area contributed by atoms with Gasteiger partial charge in [0.1, 0.15) is 0 Å². The summed E-state index contributed by atoms with van der Waals surface area (Å²) in [5, 5.41) is 9.48. The van der Waals surface area contributed by atoms with Crippen LogP contribution in [0.2, 0.25) is 5.02 Å². The maximum Gasteiger partial charge on any atom is 0.221 e. The Labute approximate surface area is 92.4 Å². The van der Waals surface area contributed by atoms with E-state index in [-0.39, 0.29) is 17.7 Å². The van der Waals surface area contributed by atoms with Gasteiger partial charge >= 0.3 is 0 Å². The highest BCUT2D eigenvalue weighted by Gasteiger charge is 2.43. The zero-order chi connectivity index (χ0) is 11.0. The Morgan fingerprint density at radius 3 is 2.87 bits per heavy atom. The minimum atomic E-state index is -0.302. The second-order valence-corrected chi connectivity index (χ2v) is 4.13. The van der Waals surface area contributed by atoms with Gasteiger partial charge in [0.25, 0.3) is 0 Å². The molecule has 1 saturated carbocycles. The molecule has 1 aromatic carbocycles. The SMILES string of the molecule is N#Cc1ccc(Cl)cc1[C@H]1C[C@@H]1C(N)=O. The predicted molar refractivity (Wildman–Crippen MR) is 56.2 cm³/mol. The highest BCUT2D eigenvalue weighted by atomic mass is 35.5. The second-order valence-electron chi connectivity index (χ2n) is 3.69. The van der Waals surface area contributed by atoms with Gasteiger partial charge in [-0.3, -0.25) is 4.79 Å². The van der Waals surface area contributed by atoms with Crippen molar-refractivity contribution in [3.63, 3.8) is 0 Å². The summed E-state index contributed by atoms with van der Waals surface area (Å²) >= 11 is 5.85. The minimum Gasteiger partial charge on any atom is -0.369 e. The molecule has 0 aromatic heterocycles. The van der Waals surface area contributed by atoms with E-state index in [2.05, 4.69) is 6.07 Å². The van der Waals surface area contributed by atoms with Gasteiger partial charge in [-0.1, -0.05) is 11.6 Å². The Balaban J connectivity index is 2.33. The van der Waals surface area contributed by atoms with Gasteiger partial charge in [0.2, 0.25) is 5.91 Å². The Kier molecular flexibility index (Phi) is 2.37. The van der Waals surface area contributed by atoms with Crippen molar-refractivity contribution in [3.8, 4) is 6.07 Å². The van der Waals surface area contributed by atoms with Crippen molar-refractivity contribution in [2.75, 3.05) is 0 Å². The van der Waals surface area contributed by atoms with Gasteiger partial charge in [-0.05, 0) is 36.1 Å². The lowest BCUT2D eigenvalue weighted by Crippen LogP contribution is -2.13. The van der Waals surface area contributed by atoms with Gasteiger partial charge in [0, 0.05) is 10.9 Å². The van der Waals surface area contributed by atoms with E-state index in [9.17, 15) is 4.79 Å². The first-order valence-electron chi connectivity index (χ1n) is 4.62. The molecule has 76 valence electrons. The number of rotatable bonds is 2. The van der Waals surface area contributed by atoms with Crippen molar-refractivity contribution in [1.29, 1.82) is 5.26 Å². The number of hydrogen-bond acceptors (Lipinski definition) is 2. The lowest BCUT2D eigenvalue weighted by atomic mass is 10.0. The molecule has 1 aromatic rings. The van der Waals surface area contributed by atoms with Gasteiger partial charge in [-0.15, -0.1) is 0 Å². The summed E-state index contributed by atoms with van der Waals surface area (Å²) in [4.78, 5) is 10.9. The second kappa shape index (κ2) is 3.56. The molecule has 1 aliphatic carbocycles. The molecule has 0 unspecified atom stereocenters. The molecular formula is C11H9ClN2O. The summed E-state index contributed by atoms with van der Waals surface area (Å²) in [7, 11) is 0. The third-order valence-electron chi connectivity index (χ3n) is 2.69. The largest absolute Gasteiger partial charge is 0.369 e. The van der Waals surface area contributed by atoms with Gasteiger partial charge in [-0.25, -0.2) is 0 Å². The quantitative estimate of drug-likeness (QED) is 0.826. The number of hydrogen-bond donors (Lipinski definition) is 1. The molecule has 0 heterocycles. The van der Waals surface area contributed by atoms with Crippen molar-refractivity contribution in [2.24, 2.45) is 11.7 Å². The molecule has 0 spiro atoms. The fourth-order valence-electron chi connectivity index (χ4n) is 1.80. The van der Waals surface area contributed by atoms with E-state index in [1.807, 2.05) is 0 Å². The molecule has 1 aliphatic rings. The highest BCUT2D eigenvalue weighted by molar-refractivity contribution is 6.30. The summed E-state index contributed by atoms with van der Waals surface area (Å²) in [6.07, 6.45) is 0.727. The Morgan fingerprint density at radius 1 is 1.60 bits per heavy atom. The average molecular weight is 221 g/mol. The van der Waals surface area contributed by atoms with E-state index in [4.69, 9.17) is 22.6 Å². The topological polar surface area (TPSA) is 66.9 Å². The smallest absolute Gasteiger partial charge is 0.221 e. The molecule has 0 aliphatic heterocycles. The maximum atomic E-state index is 10.9. The lowest BCUT2D eigenvalue weighted by molar-refractivity contribution is -0.119. The predicted octanol–water partition coefficient (Wildman–Crippen LogP) is 1.80. The molecule has 15 heavy (non-hydrogen) atoms. The van der Waals surface area contributed by atoms with E-state index in [1.54, 1.807) is 18.2 Å².